The molecule has 0 spiro atoms. The zero-order valence-corrected chi connectivity index (χ0v) is 17.0. The van der Waals surface area contributed by atoms with E-state index in [9.17, 15) is 22.0 Å². The third kappa shape index (κ3) is 6.43. The maximum absolute atomic E-state index is 12.8. The summed E-state index contributed by atoms with van der Waals surface area (Å²) in [6, 6.07) is 4.69. The molecule has 2 rings (SSSR count). The van der Waals surface area contributed by atoms with Gasteiger partial charge in [-0.25, -0.2) is 0 Å². The molecule has 0 saturated carbocycles. The summed E-state index contributed by atoms with van der Waals surface area (Å²) >= 11 is 10.8. The fourth-order valence-electron chi connectivity index (χ4n) is 2.45. The predicted molar refractivity (Wildman–Crippen MR) is 104 cm³/mol. The molecule has 1 aromatic heterocycles. The number of alkyl halides is 5. The van der Waals surface area contributed by atoms with Gasteiger partial charge in [-0.3, -0.25) is 4.68 Å². The Kier molecular flexibility index (Phi) is 7.64. The number of thiocarbonyl (C=S) groups is 1. The summed E-state index contributed by atoms with van der Waals surface area (Å²) in [7, 11) is 0. The van der Waals surface area contributed by atoms with Crippen molar-refractivity contribution in [2.24, 2.45) is 0 Å². The quantitative estimate of drug-likeness (QED) is 0.343. The number of hydrogen-bond donors (Lipinski definition) is 2. The van der Waals surface area contributed by atoms with Crippen LogP contribution in [0.1, 0.15) is 23.4 Å². The van der Waals surface area contributed by atoms with Gasteiger partial charge in [0.25, 0.3) is 0 Å². The number of nitrogens with zero attached hydrogens (tertiary/aromatic N) is 2. The molecule has 0 aliphatic rings. The van der Waals surface area contributed by atoms with Crippen LogP contribution in [0.15, 0.2) is 18.2 Å². The molecular formula is C17H18ClF5N4OS. The predicted octanol–water partition coefficient (Wildman–Crippen LogP) is 5.15. The number of hydrogen-bond acceptors (Lipinski definition) is 3. The molecule has 0 bridgehead atoms. The van der Waals surface area contributed by atoms with Gasteiger partial charge in [0, 0.05) is 13.1 Å². The van der Waals surface area contributed by atoms with Crippen molar-refractivity contribution in [3.63, 3.8) is 0 Å². The molecule has 12 heteroatoms. The lowest BCUT2D eigenvalue weighted by Crippen LogP contribution is -2.30. The van der Waals surface area contributed by atoms with E-state index < -0.39 is 23.5 Å². The average Bonchev–Trinajstić information content (AvgIpc) is 2.89. The molecule has 0 aliphatic heterocycles. The van der Waals surface area contributed by atoms with Gasteiger partial charge in [-0.05, 0) is 50.2 Å². The first kappa shape index (κ1) is 23.1. The van der Waals surface area contributed by atoms with Gasteiger partial charge in [-0.1, -0.05) is 17.7 Å². The van der Waals surface area contributed by atoms with Crippen LogP contribution in [0.3, 0.4) is 0 Å². The Morgan fingerprint density at radius 1 is 1.31 bits per heavy atom. The van der Waals surface area contributed by atoms with Gasteiger partial charge in [0.05, 0.1) is 16.4 Å². The summed E-state index contributed by atoms with van der Waals surface area (Å²) in [4.78, 5) is 0. The summed E-state index contributed by atoms with van der Waals surface area (Å²) in [5, 5.41) is 8.84. The van der Waals surface area contributed by atoms with E-state index in [0.29, 0.717) is 13.0 Å². The van der Waals surface area contributed by atoms with Crippen molar-refractivity contribution in [1.29, 1.82) is 0 Å². The molecule has 160 valence electrons. The first-order chi connectivity index (χ1) is 13.5. The fraction of sp³-hybridized carbons (Fsp3) is 0.412. The molecular weight excluding hydrogens is 439 g/mol. The van der Waals surface area contributed by atoms with Crippen LogP contribution >= 0.6 is 23.8 Å². The second kappa shape index (κ2) is 9.57. The Labute approximate surface area is 174 Å². The van der Waals surface area contributed by atoms with Crippen LogP contribution in [0.4, 0.5) is 27.6 Å². The number of benzene rings is 1. The highest BCUT2D eigenvalue weighted by Gasteiger charge is 2.38. The summed E-state index contributed by atoms with van der Waals surface area (Å²) < 4.78 is 69.2. The van der Waals surface area contributed by atoms with Crippen LogP contribution in [0.5, 0.6) is 5.75 Å². The van der Waals surface area contributed by atoms with Crippen LogP contribution < -0.4 is 15.4 Å². The van der Waals surface area contributed by atoms with Gasteiger partial charge in [0.1, 0.15) is 5.75 Å². The fourth-order valence-corrected chi connectivity index (χ4v) is 2.90. The number of aryl methyl sites for hydroxylation is 2. The number of ether oxygens (including phenoxy) is 1. The molecule has 0 radical (unpaired) electrons. The molecule has 5 nitrogen and oxygen atoms in total. The summed E-state index contributed by atoms with van der Waals surface area (Å²) in [5.41, 5.74) is 0.0929. The molecule has 1 aromatic carbocycles. The van der Waals surface area contributed by atoms with E-state index in [1.54, 1.807) is 19.1 Å². The minimum Gasteiger partial charge on any atom is -0.433 e. The maximum atomic E-state index is 12.8. The first-order valence-electron chi connectivity index (χ1n) is 8.39. The summed E-state index contributed by atoms with van der Waals surface area (Å²) in [6.07, 6.45) is -4.23. The largest absolute Gasteiger partial charge is 0.436 e. The third-order valence-corrected chi connectivity index (χ3v) is 4.53. The van der Waals surface area contributed by atoms with E-state index in [4.69, 9.17) is 23.8 Å². The molecule has 0 atom stereocenters. The van der Waals surface area contributed by atoms with E-state index in [2.05, 4.69) is 20.5 Å². The average molecular weight is 457 g/mol. The van der Waals surface area contributed by atoms with Crippen LogP contribution in [-0.2, 0) is 12.7 Å². The maximum Gasteiger partial charge on any atom is 0.436 e. The minimum absolute atomic E-state index is 0.0503. The van der Waals surface area contributed by atoms with E-state index in [1.165, 1.54) is 17.7 Å². The number of halogens is 6. The molecule has 0 amide bonds. The molecule has 2 aromatic rings. The van der Waals surface area contributed by atoms with E-state index in [-0.39, 0.29) is 28.8 Å². The molecule has 1 heterocycles. The lowest BCUT2D eigenvalue weighted by atomic mass is 10.2. The van der Waals surface area contributed by atoms with Gasteiger partial charge in [-0.2, -0.15) is 27.1 Å². The van der Waals surface area contributed by atoms with Crippen molar-refractivity contribution in [3.05, 3.63) is 40.2 Å². The van der Waals surface area contributed by atoms with Crippen LogP contribution in [0, 0.1) is 13.8 Å². The van der Waals surface area contributed by atoms with Crippen LogP contribution in [0.2, 0.25) is 5.02 Å². The number of anilines is 1. The van der Waals surface area contributed by atoms with Gasteiger partial charge >= 0.3 is 12.8 Å². The lowest BCUT2D eigenvalue weighted by Gasteiger charge is -2.15. The smallest absolute Gasteiger partial charge is 0.433 e. The molecule has 0 fully saturated rings. The highest BCUT2D eigenvalue weighted by atomic mass is 35.5. The zero-order chi connectivity index (χ0) is 21.8. The van der Waals surface area contributed by atoms with E-state index in [0.717, 1.165) is 5.56 Å². The SMILES string of the molecule is Cc1ccc(NC(=S)NCCCn2nc(C(F)(F)F)c(Cl)c2C)c(OC(F)F)c1. The van der Waals surface area contributed by atoms with Crippen molar-refractivity contribution in [3.8, 4) is 5.75 Å². The molecule has 29 heavy (non-hydrogen) atoms. The Bertz CT molecular complexity index is 872. The van der Waals surface area contributed by atoms with Gasteiger partial charge in [0.2, 0.25) is 0 Å². The Morgan fingerprint density at radius 3 is 2.59 bits per heavy atom. The normalized spacial score (nSPS) is 11.6. The van der Waals surface area contributed by atoms with Crippen LogP contribution in [0.25, 0.3) is 0 Å². The topological polar surface area (TPSA) is 51.1 Å². The minimum atomic E-state index is -4.62. The van der Waals surface area contributed by atoms with Crippen molar-refractivity contribution in [1.82, 2.24) is 15.1 Å². The van der Waals surface area contributed by atoms with Gasteiger partial charge < -0.3 is 15.4 Å². The Morgan fingerprint density at radius 2 is 2.00 bits per heavy atom. The van der Waals surface area contributed by atoms with Gasteiger partial charge in [0.15, 0.2) is 10.8 Å². The first-order valence-corrected chi connectivity index (χ1v) is 9.18. The van der Waals surface area contributed by atoms with Gasteiger partial charge in [-0.15, -0.1) is 0 Å². The zero-order valence-electron chi connectivity index (χ0n) is 15.4. The molecule has 0 saturated heterocycles. The third-order valence-electron chi connectivity index (χ3n) is 3.84. The molecule has 0 aliphatic carbocycles. The highest BCUT2D eigenvalue weighted by Crippen LogP contribution is 2.35. The second-order valence-electron chi connectivity index (χ2n) is 6.08. The summed E-state index contributed by atoms with van der Waals surface area (Å²) in [6.45, 7) is 0.686. The Hall–Kier alpha value is -2.14. The van der Waals surface area contributed by atoms with Crippen molar-refractivity contribution in [2.75, 3.05) is 11.9 Å². The monoisotopic (exact) mass is 456 g/mol. The van der Waals surface area contributed by atoms with E-state index >= 15 is 0 Å². The highest BCUT2D eigenvalue weighted by molar-refractivity contribution is 7.80. The number of rotatable bonds is 7. The van der Waals surface area contributed by atoms with Crippen LogP contribution in [-0.4, -0.2) is 28.0 Å². The number of nitrogens with one attached hydrogen (secondary N) is 2. The second-order valence-corrected chi connectivity index (χ2v) is 6.87. The number of aromatic nitrogens is 2. The van der Waals surface area contributed by atoms with Crippen molar-refractivity contribution in [2.45, 2.75) is 39.6 Å². The summed E-state index contributed by atoms with van der Waals surface area (Å²) in [5.74, 6) is -0.0503. The lowest BCUT2D eigenvalue weighted by molar-refractivity contribution is -0.141. The van der Waals surface area contributed by atoms with Crippen molar-refractivity contribution < 1.29 is 26.7 Å². The van der Waals surface area contributed by atoms with E-state index in [1.807, 2.05) is 0 Å². The van der Waals surface area contributed by atoms with Crippen molar-refractivity contribution >= 4 is 34.6 Å². The molecule has 0 unspecified atom stereocenters. The molecule has 2 N–H and O–H groups in total. The Balaban J connectivity index is 1.89. The standard InChI is InChI=1S/C17H18ClF5N4OS/c1-9-4-5-11(12(8-9)28-15(19)20)25-16(29)24-6-3-7-27-10(2)13(18)14(26-27)17(21,22)23/h4-5,8,15H,3,6-7H2,1-2H3,(H2,24,25,29).